The number of ketones is 2. The molecule has 0 atom stereocenters. The van der Waals surface area contributed by atoms with E-state index in [1.807, 2.05) is 6.07 Å². The maximum Gasteiger partial charge on any atom is 0.377 e. The van der Waals surface area contributed by atoms with E-state index in [2.05, 4.69) is 0 Å². The van der Waals surface area contributed by atoms with Gasteiger partial charge < -0.3 is 10.2 Å². The van der Waals surface area contributed by atoms with E-state index in [1.54, 1.807) is 42.5 Å². The normalized spacial score (nSPS) is 9.22. The van der Waals surface area contributed by atoms with E-state index in [9.17, 15) is 19.2 Å². The molecular weight excluding hydrogens is 300 g/mol. The Morgan fingerprint density at radius 1 is 0.696 bits per heavy atom. The number of carbonyl (C=O) groups excluding carboxylic acids is 2. The highest BCUT2D eigenvalue weighted by Crippen LogP contribution is 2.00. The fraction of sp³-hybridized carbons (Fsp3) is 0.0588. The average molecular weight is 314 g/mol. The first-order valence-electron chi connectivity index (χ1n) is 6.54. The molecule has 0 heterocycles. The summed E-state index contributed by atoms with van der Waals surface area (Å²) < 4.78 is 0. The Morgan fingerprint density at radius 3 is 1.61 bits per heavy atom. The van der Waals surface area contributed by atoms with Crippen molar-refractivity contribution < 1.29 is 29.4 Å². The van der Waals surface area contributed by atoms with Crippen molar-refractivity contribution in [3.8, 4) is 0 Å². The number of aliphatic carboxylic acids is 2. The summed E-state index contributed by atoms with van der Waals surface area (Å²) in [6.45, 7) is 0. The second kappa shape index (κ2) is 8.89. The third-order valence-corrected chi connectivity index (χ3v) is 2.68. The molecule has 6 heteroatoms. The molecule has 6 nitrogen and oxygen atoms in total. The minimum Gasteiger partial charge on any atom is -0.475 e. The SMILES string of the molecule is O=C(O)C(=O)Cc1ccccc1.O=C(O)C(=O)c1ccccc1. The summed E-state index contributed by atoms with van der Waals surface area (Å²) >= 11 is 0. The van der Waals surface area contributed by atoms with Gasteiger partial charge in [-0.2, -0.15) is 0 Å². The van der Waals surface area contributed by atoms with Crippen LogP contribution >= 0.6 is 0 Å². The maximum atomic E-state index is 10.7. The first-order valence-corrected chi connectivity index (χ1v) is 6.54. The number of hydrogen-bond acceptors (Lipinski definition) is 4. The lowest BCUT2D eigenvalue weighted by atomic mass is 10.1. The predicted octanol–water partition coefficient (Wildman–Crippen LogP) is 1.84. The van der Waals surface area contributed by atoms with Crippen LogP contribution in [0.3, 0.4) is 0 Å². The van der Waals surface area contributed by atoms with Gasteiger partial charge in [0.25, 0.3) is 5.78 Å². The van der Waals surface area contributed by atoms with Crippen molar-refractivity contribution in [2.75, 3.05) is 0 Å². The van der Waals surface area contributed by atoms with E-state index in [4.69, 9.17) is 10.2 Å². The van der Waals surface area contributed by atoms with Crippen LogP contribution in [0.2, 0.25) is 0 Å². The first-order chi connectivity index (χ1) is 10.9. The molecule has 0 amide bonds. The van der Waals surface area contributed by atoms with Crippen LogP contribution in [0.25, 0.3) is 0 Å². The second-order valence-corrected chi connectivity index (χ2v) is 4.39. The fourth-order valence-corrected chi connectivity index (χ4v) is 1.57. The van der Waals surface area contributed by atoms with Crippen molar-refractivity contribution in [3.05, 3.63) is 71.8 Å². The lowest BCUT2D eigenvalue weighted by Crippen LogP contribution is -2.14. The van der Waals surface area contributed by atoms with Crippen LogP contribution in [-0.4, -0.2) is 33.7 Å². The molecule has 0 bridgehead atoms. The summed E-state index contributed by atoms with van der Waals surface area (Å²) in [6.07, 6.45) is -0.0316. The van der Waals surface area contributed by atoms with Gasteiger partial charge in [-0.1, -0.05) is 60.7 Å². The number of hydrogen-bond donors (Lipinski definition) is 2. The zero-order valence-electron chi connectivity index (χ0n) is 12.0. The molecule has 0 aromatic heterocycles. The van der Waals surface area contributed by atoms with Crippen LogP contribution in [0.5, 0.6) is 0 Å². The van der Waals surface area contributed by atoms with Crippen molar-refractivity contribution in [1.29, 1.82) is 0 Å². The molecule has 2 aromatic carbocycles. The number of benzene rings is 2. The van der Waals surface area contributed by atoms with Crippen LogP contribution in [0.4, 0.5) is 0 Å². The molecule has 2 aromatic rings. The van der Waals surface area contributed by atoms with Crippen LogP contribution in [0, 0.1) is 0 Å². The molecule has 0 saturated heterocycles. The van der Waals surface area contributed by atoms with Gasteiger partial charge in [0.1, 0.15) is 0 Å². The molecule has 0 aliphatic heterocycles. The molecule has 0 aliphatic carbocycles. The van der Waals surface area contributed by atoms with Gasteiger partial charge in [-0.25, -0.2) is 9.59 Å². The summed E-state index contributed by atoms with van der Waals surface area (Å²) in [7, 11) is 0. The third-order valence-electron chi connectivity index (χ3n) is 2.68. The number of carboxylic acid groups (broad SMARTS) is 2. The molecule has 2 rings (SSSR count). The van der Waals surface area contributed by atoms with E-state index in [1.165, 1.54) is 12.1 Å². The standard InChI is InChI=1S/C9H8O3.C8H6O3/c10-8(9(11)12)6-7-4-2-1-3-5-7;9-7(8(10)11)6-4-2-1-3-5-6/h1-5H,6H2,(H,11,12);1-5H,(H,10,11). The quantitative estimate of drug-likeness (QED) is 0.644. The van der Waals surface area contributed by atoms with Crippen molar-refractivity contribution in [2.45, 2.75) is 6.42 Å². The lowest BCUT2D eigenvalue weighted by Gasteiger charge is -1.94. The van der Waals surface area contributed by atoms with Gasteiger partial charge in [0.05, 0.1) is 0 Å². The van der Waals surface area contributed by atoms with Crippen molar-refractivity contribution in [1.82, 2.24) is 0 Å². The van der Waals surface area contributed by atoms with E-state index in [-0.39, 0.29) is 12.0 Å². The van der Waals surface area contributed by atoms with Crippen LogP contribution in [0.15, 0.2) is 60.7 Å². The van der Waals surface area contributed by atoms with E-state index >= 15 is 0 Å². The molecule has 0 aliphatic rings. The smallest absolute Gasteiger partial charge is 0.377 e. The predicted molar refractivity (Wildman–Crippen MR) is 81.2 cm³/mol. The Balaban J connectivity index is 0.000000231. The van der Waals surface area contributed by atoms with Gasteiger partial charge in [-0.15, -0.1) is 0 Å². The van der Waals surface area contributed by atoms with Crippen molar-refractivity contribution in [3.63, 3.8) is 0 Å². The zero-order valence-corrected chi connectivity index (χ0v) is 12.0. The zero-order chi connectivity index (χ0) is 17.2. The van der Waals surface area contributed by atoms with Gasteiger partial charge in [-0.3, -0.25) is 9.59 Å². The Kier molecular flexibility index (Phi) is 6.87. The van der Waals surface area contributed by atoms with Gasteiger partial charge in [0.15, 0.2) is 0 Å². The highest BCUT2D eigenvalue weighted by Gasteiger charge is 2.12. The van der Waals surface area contributed by atoms with Crippen molar-refractivity contribution >= 4 is 23.5 Å². The highest BCUT2D eigenvalue weighted by atomic mass is 16.4. The fourth-order valence-electron chi connectivity index (χ4n) is 1.57. The lowest BCUT2D eigenvalue weighted by molar-refractivity contribution is -0.148. The second-order valence-electron chi connectivity index (χ2n) is 4.39. The minimum atomic E-state index is -1.42. The van der Waals surface area contributed by atoms with Gasteiger partial charge >= 0.3 is 11.9 Å². The molecule has 0 fully saturated rings. The summed E-state index contributed by atoms with van der Waals surface area (Å²) in [5, 5.41) is 16.6. The maximum absolute atomic E-state index is 10.7. The van der Waals surface area contributed by atoms with E-state index in [0.717, 1.165) is 5.56 Å². The van der Waals surface area contributed by atoms with E-state index < -0.39 is 23.5 Å². The van der Waals surface area contributed by atoms with Crippen molar-refractivity contribution in [2.24, 2.45) is 0 Å². The number of Topliss-reactive ketones (excluding diaryl/α,β-unsaturated/α-hetero) is 2. The monoisotopic (exact) mass is 314 g/mol. The Bertz CT molecular complexity index is 692. The minimum absolute atomic E-state index is 0.0316. The molecular formula is C17H14O6. The number of carbonyl (C=O) groups is 4. The number of carboxylic acids is 2. The Labute approximate surface area is 132 Å². The molecule has 0 unspecified atom stereocenters. The van der Waals surface area contributed by atoms with Gasteiger partial charge in [-0.05, 0) is 5.56 Å². The van der Waals surface area contributed by atoms with Crippen LogP contribution in [-0.2, 0) is 20.8 Å². The van der Waals surface area contributed by atoms with Crippen LogP contribution in [0.1, 0.15) is 15.9 Å². The Hall–Kier alpha value is -3.28. The summed E-state index contributed by atoms with van der Waals surface area (Å²) in [5.74, 6) is -4.44. The molecule has 2 N–H and O–H groups in total. The van der Waals surface area contributed by atoms with Gasteiger partial charge in [0.2, 0.25) is 5.78 Å². The van der Waals surface area contributed by atoms with Gasteiger partial charge in [0, 0.05) is 12.0 Å². The third kappa shape index (κ3) is 6.34. The summed E-state index contributed by atoms with van der Waals surface area (Å²) in [5.41, 5.74) is 0.935. The topological polar surface area (TPSA) is 109 Å². The van der Waals surface area contributed by atoms with Crippen LogP contribution < -0.4 is 0 Å². The summed E-state index contributed by atoms with van der Waals surface area (Å²) in [6, 6.07) is 16.7. The molecule has 118 valence electrons. The molecule has 0 radical (unpaired) electrons. The average Bonchev–Trinajstić information content (AvgIpc) is 2.56. The number of rotatable bonds is 5. The van der Waals surface area contributed by atoms with E-state index in [0.29, 0.717) is 0 Å². The molecule has 0 spiro atoms. The molecule has 0 saturated carbocycles. The summed E-state index contributed by atoms with van der Waals surface area (Å²) in [4.78, 5) is 41.8. The Morgan fingerprint density at radius 2 is 1.17 bits per heavy atom. The largest absolute Gasteiger partial charge is 0.475 e. The highest BCUT2D eigenvalue weighted by molar-refractivity contribution is 6.39. The molecule has 23 heavy (non-hydrogen) atoms. The first kappa shape index (κ1) is 17.8.